The Morgan fingerprint density at radius 2 is 2.30 bits per heavy atom. The first-order valence-corrected chi connectivity index (χ1v) is 8.42. The standard InChI is InChI=1S/C15H25N3OS/c1-4-11(16)15-18-13(8-20-15)14(19)17-12-7-5-6-9(2)10(12)3/h8-12H,4-7,16H2,1-3H3,(H,17,19). The van der Waals surface area contributed by atoms with Crippen molar-refractivity contribution < 1.29 is 4.79 Å². The van der Waals surface area contributed by atoms with Crippen LogP contribution in [0.15, 0.2) is 5.38 Å². The lowest BCUT2D eigenvalue weighted by Gasteiger charge is -2.34. The Morgan fingerprint density at radius 1 is 1.55 bits per heavy atom. The van der Waals surface area contributed by atoms with E-state index < -0.39 is 0 Å². The van der Waals surface area contributed by atoms with Gasteiger partial charge in [0.2, 0.25) is 0 Å². The number of thiazole rings is 1. The van der Waals surface area contributed by atoms with Gasteiger partial charge >= 0.3 is 0 Å². The highest BCUT2D eigenvalue weighted by molar-refractivity contribution is 7.09. The lowest BCUT2D eigenvalue weighted by atomic mass is 9.78. The summed E-state index contributed by atoms with van der Waals surface area (Å²) in [7, 11) is 0. The van der Waals surface area contributed by atoms with E-state index in [9.17, 15) is 4.79 Å². The van der Waals surface area contributed by atoms with Crippen LogP contribution in [0.25, 0.3) is 0 Å². The van der Waals surface area contributed by atoms with Gasteiger partial charge in [0.1, 0.15) is 10.7 Å². The van der Waals surface area contributed by atoms with Crippen molar-refractivity contribution in [2.75, 3.05) is 0 Å². The van der Waals surface area contributed by atoms with Crippen molar-refractivity contribution in [3.05, 3.63) is 16.1 Å². The second-order valence-electron chi connectivity index (χ2n) is 5.93. The predicted molar refractivity (Wildman–Crippen MR) is 82.8 cm³/mol. The molecule has 1 fully saturated rings. The van der Waals surface area contributed by atoms with Crippen LogP contribution >= 0.6 is 11.3 Å². The van der Waals surface area contributed by atoms with Crippen LogP contribution in [0.3, 0.4) is 0 Å². The molecule has 1 aromatic heterocycles. The predicted octanol–water partition coefficient (Wildman–Crippen LogP) is 3.11. The summed E-state index contributed by atoms with van der Waals surface area (Å²) in [6, 6.07) is 0.214. The molecule has 3 N–H and O–H groups in total. The minimum absolute atomic E-state index is 0.0539. The van der Waals surface area contributed by atoms with E-state index in [4.69, 9.17) is 5.73 Å². The van der Waals surface area contributed by atoms with Gasteiger partial charge in [-0.25, -0.2) is 4.98 Å². The molecule has 0 bridgehead atoms. The molecule has 1 aliphatic rings. The van der Waals surface area contributed by atoms with Crippen LogP contribution in [0.1, 0.15) is 68.0 Å². The molecule has 4 unspecified atom stereocenters. The average Bonchev–Trinajstić information content (AvgIpc) is 2.93. The topological polar surface area (TPSA) is 68.0 Å². The average molecular weight is 295 g/mol. The van der Waals surface area contributed by atoms with Gasteiger partial charge < -0.3 is 11.1 Å². The summed E-state index contributed by atoms with van der Waals surface area (Å²) in [6.07, 6.45) is 4.37. The molecule has 0 aromatic carbocycles. The molecule has 2 rings (SSSR count). The first-order valence-electron chi connectivity index (χ1n) is 7.54. The number of rotatable bonds is 4. The molecule has 1 saturated carbocycles. The van der Waals surface area contributed by atoms with Crippen molar-refractivity contribution in [1.82, 2.24) is 10.3 Å². The van der Waals surface area contributed by atoms with Gasteiger partial charge in [0.25, 0.3) is 5.91 Å². The molecule has 5 heteroatoms. The number of amides is 1. The van der Waals surface area contributed by atoms with E-state index >= 15 is 0 Å². The number of nitrogens with two attached hydrogens (primary N) is 1. The van der Waals surface area contributed by atoms with Crippen LogP contribution < -0.4 is 11.1 Å². The Bertz CT molecular complexity index is 460. The molecule has 1 aromatic rings. The summed E-state index contributed by atoms with van der Waals surface area (Å²) in [5.74, 6) is 1.15. The second kappa shape index (κ2) is 6.68. The third-order valence-electron chi connectivity index (χ3n) is 4.53. The van der Waals surface area contributed by atoms with Crippen LogP contribution in [0.5, 0.6) is 0 Å². The molecule has 4 nitrogen and oxygen atoms in total. The van der Waals surface area contributed by atoms with Gasteiger partial charge in [-0.05, 0) is 24.7 Å². The van der Waals surface area contributed by atoms with Gasteiger partial charge in [-0.2, -0.15) is 0 Å². The van der Waals surface area contributed by atoms with Crippen LogP contribution in [-0.4, -0.2) is 16.9 Å². The van der Waals surface area contributed by atoms with Crippen molar-refractivity contribution in [3.63, 3.8) is 0 Å². The second-order valence-corrected chi connectivity index (χ2v) is 6.82. The maximum absolute atomic E-state index is 12.3. The third-order valence-corrected chi connectivity index (χ3v) is 5.51. The Labute approximate surface area is 125 Å². The van der Waals surface area contributed by atoms with E-state index in [2.05, 4.69) is 24.1 Å². The SMILES string of the molecule is CCC(N)c1nc(C(=O)NC2CCCC(C)C2C)cs1. The number of hydrogen-bond acceptors (Lipinski definition) is 4. The molecule has 0 spiro atoms. The Kier molecular flexibility index (Phi) is 5.16. The van der Waals surface area contributed by atoms with Crippen molar-refractivity contribution in [2.24, 2.45) is 17.6 Å². The quantitative estimate of drug-likeness (QED) is 0.897. The Balaban J connectivity index is 1.99. The number of carbonyl (C=O) groups excluding carboxylic acids is 1. The number of carbonyl (C=O) groups is 1. The van der Waals surface area contributed by atoms with Gasteiger partial charge in [0, 0.05) is 11.4 Å². The smallest absolute Gasteiger partial charge is 0.270 e. The highest BCUT2D eigenvalue weighted by atomic mass is 32.1. The first kappa shape index (κ1) is 15.4. The van der Waals surface area contributed by atoms with E-state index in [1.807, 2.05) is 12.3 Å². The van der Waals surface area contributed by atoms with Gasteiger partial charge in [0.05, 0.1) is 6.04 Å². The summed E-state index contributed by atoms with van der Waals surface area (Å²) in [6.45, 7) is 6.52. The van der Waals surface area contributed by atoms with Crippen LogP contribution in [0.2, 0.25) is 0 Å². The fourth-order valence-electron chi connectivity index (χ4n) is 2.76. The summed E-state index contributed by atoms with van der Waals surface area (Å²) < 4.78 is 0. The van der Waals surface area contributed by atoms with E-state index in [0.717, 1.165) is 17.8 Å². The zero-order chi connectivity index (χ0) is 14.7. The lowest BCUT2D eigenvalue weighted by molar-refractivity contribution is 0.0886. The van der Waals surface area contributed by atoms with Crippen molar-refractivity contribution in [1.29, 1.82) is 0 Å². The maximum Gasteiger partial charge on any atom is 0.270 e. The molecule has 1 heterocycles. The van der Waals surface area contributed by atoms with E-state index in [0.29, 0.717) is 17.5 Å². The normalized spacial score (nSPS) is 28.1. The summed E-state index contributed by atoms with van der Waals surface area (Å²) in [4.78, 5) is 16.7. The zero-order valence-electron chi connectivity index (χ0n) is 12.6. The van der Waals surface area contributed by atoms with Gasteiger partial charge in [-0.3, -0.25) is 4.79 Å². The van der Waals surface area contributed by atoms with Gasteiger partial charge in [0.15, 0.2) is 0 Å². The molecule has 112 valence electrons. The molecular weight excluding hydrogens is 270 g/mol. The van der Waals surface area contributed by atoms with Crippen LogP contribution in [0.4, 0.5) is 0 Å². The maximum atomic E-state index is 12.3. The van der Waals surface area contributed by atoms with Crippen molar-refractivity contribution >= 4 is 17.2 Å². The summed E-state index contributed by atoms with van der Waals surface area (Å²) >= 11 is 1.48. The first-order chi connectivity index (χ1) is 9.52. The molecule has 4 atom stereocenters. The van der Waals surface area contributed by atoms with Gasteiger partial charge in [-0.15, -0.1) is 11.3 Å². The van der Waals surface area contributed by atoms with Gasteiger partial charge in [-0.1, -0.05) is 33.6 Å². The Hall–Kier alpha value is -0.940. The number of nitrogens with zero attached hydrogens (tertiary/aromatic N) is 1. The zero-order valence-corrected chi connectivity index (χ0v) is 13.4. The lowest BCUT2D eigenvalue weighted by Crippen LogP contribution is -2.43. The fourth-order valence-corrected chi connectivity index (χ4v) is 3.65. The number of nitrogens with one attached hydrogen (secondary N) is 1. The molecule has 20 heavy (non-hydrogen) atoms. The summed E-state index contributed by atoms with van der Waals surface area (Å²) in [5, 5.41) is 5.82. The summed E-state index contributed by atoms with van der Waals surface area (Å²) in [5.41, 5.74) is 6.46. The molecule has 1 amide bonds. The van der Waals surface area contributed by atoms with Crippen molar-refractivity contribution in [3.8, 4) is 0 Å². The van der Waals surface area contributed by atoms with Crippen molar-refractivity contribution in [2.45, 2.75) is 58.5 Å². The minimum atomic E-state index is -0.0600. The monoisotopic (exact) mass is 295 g/mol. The third kappa shape index (κ3) is 3.38. The molecule has 0 radical (unpaired) electrons. The number of aromatic nitrogens is 1. The van der Waals surface area contributed by atoms with E-state index in [1.54, 1.807) is 0 Å². The number of hydrogen-bond donors (Lipinski definition) is 2. The molecule has 1 aliphatic carbocycles. The molecule has 0 saturated heterocycles. The molecule has 0 aliphatic heterocycles. The van der Waals surface area contributed by atoms with Crippen LogP contribution in [-0.2, 0) is 0 Å². The molecular formula is C15H25N3OS. The minimum Gasteiger partial charge on any atom is -0.348 e. The Morgan fingerprint density at radius 3 is 3.00 bits per heavy atom. The van der Waals surface area contributed by atoms with E-state index in [-0.39, 0.29) is 18.0 Å². The fraction of sp³-hybridized carbons (Fsp3) is 0.733. The van der Waals surface area contributed by atoms with E-state index in [1.165, 1.54) is 24.2 Å². The largest absolute Gasteiger partial charge is 0.348 e. The highest BCUT2D eigenvalue weighted by Gasteiger charge is 2.28. The highest BCUT2D eigenvalue weighted by Crippen LogP contribution is 2.29. The van der Waals surface area contributed by atoms with Crippen LogP contribution in [0, 0.1) is 11.8 Å².